The summed E-state index contributed by atoms with van der Waals surface area (Å²) in [5.41, 5.74) is 0. The monoisotopic (exact) mass is 374 g/mol. The second-order valence-electron chi connectivity index (χ2n) is 6.15. The highest BCUT2D eigenvalue weighted by Gasteiger charge is 2.31. The third-order valence-corrected chi connectivity index (χ3v) is 4.46. The summed E-state index contributed by atoms with van der Waals surface area (Å²) in [5, 5.41) is 18.0. The number of hydrogen-bond acceptors (Lipinski definition) is 6. The lowest BCUT2D eigenvalue weighted by Gasteiger charge is -2.35. The van der Waals surface area contributed by atoms with E-state index in [0.29, 0.717) is 38.5 Å². The minimum atomic E-state index is -1.12. The number of rotatable bonds is 6. The molecule has 10 heteroatoms. The van der Waals surface area contributed by atoms with Gasteiger partial charge in [0.1, 0.15) is 13.1 Å². The first kappa shape index (κ1) is 21.5. The lowest BCUT2D eigenvalue weighted by molar-refractivity contribution is -0.139. The molecule has 0 spiro atoms. The zero-order valence-corrected chi connectivity index (χ0v) is 15.0. The van der Waals surface area contributed by atoms with Crippen molar-refractivity contribution in [1.29, 1.82) is 0 Å². The van der Waals surface area contributed by atoms with E-state index in [4.69, 9.17) is 10.2 Å². The van der Waals surface area contributed by atoms with E-state index >= 15 is 0 Å². The van der Waals surface area contributed by atoms with E-state index in [0.717, 1.165) is 0 Å². The summed E-state index contributed by atoms with van der Waals surface area (Å²) < 4.78 is 9.35. The van der Waals surface area contributed by atoms with Gasteiger partial charge >= 0.3 is 24.1 Å². The number of methoxy groups -OCH3 is 2. The van der Waals surface area contributed by atoms with Crippen LogP contribution >= 0.6 is 0 Å². The van der Waals surface area contributed by atoms with E-state index in [1.165, 1.54) is 24.0 Å². The van der Waals surface area contributed by atoms with Crippen LogP contribution in [0.1, 0.15) is 38.5 Å². The fourth-order valence-corrected chi connectivity index (χ4v) is 3.30. The number of hydrogen-bond donors (Lipinski definition) is 2. The summed E-state index contributed by atoms with van der Waals surface area (Å²) in [5.74, 6) is -2.23. The molecule has 0 radical (unpaired) electrons. The molecule has 2 N–H and O–H groups in total. The van der Waals surface area contributed by atoms with Crippen LogP contribution in [-0.4, -0.2) is 83.5 Å². The normalized spacial score (nSPS) is 20.2. The molecule has 1 aliphatic carbocycles. The van der Waals surface area contributed by atoms with Gasteiger partial charge in [0, 0.05) is 12.1 Å². The number of amides is 2. The van der Waals surface area contributed by atoms with Crippen LogP contribution in [0.3, 0.4) is 0 Å². The van der Waals surface area contributed by atoms with Gasteiger partial charge in [-0.3, -0.25) is 19.4 Å². The fourth-order valence-electron chi connectivity index (χ4n) is 3.30. The molecular formula is C16H26N2O8. The second kappa shape index (κ2) is 10.5. The third kappa shape index (κ3) is 6.41. The molecule has 0 atom stereocenters. The van der Waals surface area contributed by atoms with Gasteiger partial charge in [-0.05, 0) is 38.5 Å². The summed E-state index contributed by atoms with van der Waals surface area (Å²) in [6.45, 7) is -0.873. The molecule has 2 amide bonds. The van der Waals surface area contributed by atoms with Crippen molar-refractivity contribution in [3.8, 4) is 0 Å². The Kier molecular flexibility index (Phi) is 8.66. The predicted molar refractivity (Wildman–Crippen MR) is 88.8 cm³/mol. The predicted octanol–water partition coefficient (Wildman–Crippen LogP) is 1.38. The second-order valence-corrected chi connectivity index (χ2v) is 6.15. The van der Waals surface area contributed by atoms with Crippen molar-refractivity contribution in [3.63, 3.8) is 0 Å². The van der Waals surface area contributed by atoms with E-state index in [9.17, 15) is 19.2 Å². The molecule has 148 valence electrons. The first-order valence-electron chi connectivity index (χ1n) is 8.42. The molecule has 1 fully saturated rings. The molecule has 0 saturated heterocycles. The van der Waals surface area contributed by atoms with Crippen molar-refractivity contribution in [2.75, 3.05) is 27.3 Å². The minimum Gasteiger partial charge on any atom is -0.480 e. The van der Waals surface area contributed by atoms with Gasteiger partial charge in [0.25, 0.3) is 0 Å². The topological polar surface area (TPSA) is 134 Å². The molecule has 0 aromatic heterocycles. The molecular weight excluding hydrogens is 348 g/mol. The SMILES string of the molecule is COC(=O)N(CC(=O)O)C1CCCC(N(CC(=O)O)C(=O)OC)CCC1. The largest absolute Gasteiger partial charge is 0.480 e. The minimum absolute atomic E-state index is 0.273. The maximum atomic E-state index is 11.9. The lowest BCUT2D eigenvalue weighted by atomic mass is 9.92. The molecule has 0 heterocycles. The molecule has 0 aromatic carbocycles. The Balaban J connectivity index is 2.77. The first-order valence-corrected chi connectivity index (χ1v) is 8.42. The average Bonchev–Trinajstić information content (AvgIpc) is 2.56. The van der Waals surface area contributed by atoms with Gasteiger partial charge in [-0.25, -0.2) is 9.59 Å². The average molecular weight is 374 g/mol. The van der Waals surface area contributed by atoms with Gasteiger partial charge in [-0.2, -0.15) is 0 Å². The number of aliphatic carboxylic acids is 2. The van der Waals surface area contributed by atoms with Crippen LogP contribution in [0.4, 0.5) is 9.59 Å². The van der Waals surface area contributed by atoms with E-state index in [2.05, 4.69) is 9.47 Å². The first-order chi connectivity index (χ1) is 12.3. The van der Waals surface area contributed by atoms with Gasteiger partial charge in [-0.1, -0.05) is 0 Å². The van der Waals surface area contributed by atoms with Gasteiger partial charge < -0.3 is 19.7 Å². The van der Waals surface area contributed by atoms with E-state index in [-0.39, 0.29) is 12.1 Å². The van der Waals surface area contributed by atoms with Crippen LogP contribution in [0.5, 0.6) is 0 Å². The fraction of sp³-hybridized carbons (Fsp3) is 0.750. The van der Waals surface area contributed by atoms with Gasteiger partial charge in [-0.15, -0.1) is 0 Å². The van der Waals surface area contributed by atoms with Crippen LogP contribution in [0.25, 0.3) is 0 Å². The van der Waals surface area contributed by atoms with Crippen molar-refractivity contribution in [2.45, 2.75) is 50.6 Å². The van der Waals surface area contributed by atoms with E-state index in [1.54, 1.807) is 0 Å². The molecule has 26 heavy (non-hydrogen) atoms. The van der Waals surface area contributed by atoms with Gasteiger partial charge in [0.15, 0.2) is 0 Å². The van der Waals surface area contributed by atoms with Crippen molar-refractivity contribution in [3.05, 3.63) is 0 Å². The Morgan fingerprint density at radius 3 is 1.31 bits per heavy atom. The molecule has 0 bridgehead atoms. The lowest BCUT2D eigenvalue weighted by Crippen LogP contribution is -2.46. The molecule has 1 saturated carbocycles. The summed E-state index contributed by atoms with van der Waals surface area (Å²) in [6, 6.07) is -0.545. The Labute approximate surface area is 151 Å². The van der Waals surface area contributed by atoms with Crippen LogP contribution in [-0.2, 0) is 19.1 Å². The van der Waals surface area contributed by atoms with E-state index in [1.807, 2.05) is 0 Å². The smallest absolute Gasteiger partial charge is 0.410 e. The summed E-state index contributed by atoms with van der Waals surface area (Å²) in [6.07, 6.45) is 2.02. The number of carboxylic acid groups (broad SMARTS) is 2. The molecule has 10 nitrogen and oxygen atoms in total. The maximum Gasteiger partial charge on any atom is 0.410 e. The Hall–Kier alpha value is -2.52. The Morgan fingerprint density at radius 2 is 1.08 bits per heavy atom. The molecule has 1 aliphatic rings. The van der Waals surface area contributed by atoms with Gasteiger partial charge in [0.2, 0.25) is 0 Å². The quantitative estimate of drug-likeness (QED) is 0.712. The Morgan fingerprint density at radius 1 is 0.769 bits per heavy atom. The summed E-state index contributed by atoms with van der Waals surface area (Å²) in [4.78, 5) is 48.2. The van der Waals surface area contributed by atoms with Crippen LogP contribution in [0.15, 0.2) is 0 Å². The van der Waals surface area contributed by atoms with Crippen molar-refractivity contribution < 1.29 is 38.9 Å². The highest BCUT2D eigenvalue weighted by molar-refractivity contribution is 5.77. The van der Waals surface area contributed by atoms with Crippen LogP contribution in [0.2, 0.25) is 0 Å². The molecule has 0 unspecified atom stereocenters. The number of nitrogens with zero attached hydrogens (tertiary/aromatic N) is 2. The third-order valence-electron chi connectivity index (χ3n) is 4.46. The number of carboxylic acids is 2. The van der Waals surface area contributed by atoms with E-state index < -0.39 is 37.2 Å². The van der Waals surface area contributed by atoms with Crippen molar-refractivity contribution in [2.24, 2.45) is 0 Å². The molecule has 0 aliphatic heterocycles. The van der Waals surface area contributed by atoms with Crippen LogP contribution in [0, 0.1) is 0 Å². The Bertz CT molecular complexity index is 470. The summed E-state index contributed by atoms with van der Waals surface area (Å²) >= 11 is 0. The highest BCUT2D eigenvalue weighted by atomic mass is 16.5. The number of carbonyl (C=O) groups excluding carboxylic acids is 2. The van der Waals surface area contributed by atoms with Crippen molar-refractivity contribution in [1.82, 2.24) is 9.80 Å². The maximum absolute atomic E-state index is 11.9. The van der Waals surface area contributed by atoms with Crippen LogP contribution < -0.4 is 0 Å². The zero-order valence-electron chi connectivity index (χ0n) is 15.0. The highest BCUT2D eigenvalue weighted by Crippen LogP contribution is 2.25. The van der Waals surface area contributed by atoms with Gasteiger partial charge in [0.05, 0.1) is 14.2 Å². The standard InChI is InChI=1S/C16H26N2O8/c1-25-15(23)17(9-13(19)20)11-5-3-7-12(8-4-6-11)18(10-14(21)22)16(24)26-2/h11-12H,3-10H2,1-2H3,(H,19,20)(H,21,22). The summed E-state index contributed by atoms with van der Waals surface area (Å²) in [7, 11) is 2.41. The molecule has 0 aromatic rings. The number of carbonyl (C=O) groups is 4. The zero-order chi connectivity index (χ0) is 19.7. The molecule has 1 rings (SSSR count). The number of ether oxygens (including phenoxy) is 2. The van der Waals surface area contributed by atoms with Crippen molar-refractivity contribution >= 4 is 24.1 Å².